The maximum absolute atomic E-state index is 3.84. The SMILES string of the molecule is C=CCn1cc[n+](C)c1-c1n(CCCC)cc[n+]1C. The molecule has 0 saturated heterocycles. The van der Waals surface area contributed by atoms with E-state index < -0.39 is 0 Å². The van der Waals surface area contributed by atoms with Gasteiger partial charge in [-0.25, -0.2) is 18.3 Å². The molecule has 0 atom stereocenters. The maximum Gasteiger partial charge on any atom is 0.373 e. The van der Waals surface area contributed by atoms with Crippen LogP contribution in [0.15, 0.2) is 37.4 Å². The first-order valence-corrected chi connectivity index (χ1v) is 6.89. The highest BCUT2D eigenvalue weighted by Crippen LogP contribution is 2.13. The monoisotopic (exact) mass is 260 g/mol. The van der Waals surface area contributed by atoms with E-state index >= 15 is 0 Å². The number of nitrogens with zero attached hydrogens (tertiary/aromatic N) is 4. The van der Waals surface area contributed by atoms with E-state index in [-0.39, 0.29) is 0 Å². The molecule has 2 aromatic rings. The van der Waals surface area contributed by atoms with E-state index in [0.29, 0.717) is 0 Å². The number of unbranched alkanes of at least 4 members (excludes halogenated alkanes) is 1. The summed E-state index contributed by atoms with van der Waals surface area (Å²) in [7, 11) is 4.19. The topological polar surface area (TPSA) is 17.6 Å². The molecule has 0 radical (unpaired) electrons. The number of hydrogen-bond acceptors (Lipinski definition) is 0. The van der Waals surface area contributed by atoms with Gasteiger partial charge in [0.05, 0.1) is 20.6 Å². The highest BCUT2D eigenvalue weighted by atomic mass is 15.2. The fraction of sp³-hybridized carbons (Fsp3) is 0.467. The van der Waals surface area contributed by atoms with Crippen molar-refractivity contribution in [3.05, 3.63) is 37.4 Å². The van der Waals surface area contributed by atoms with Crippen LogP contribution in [0, 0.1) is 0 Å². The summed E-state index contributed by atoms with van der Waals surface area (Å²) in [6.45, 7) is 7.95. The molecule has 0 fully saturated rings. The summed E-state index contributed by atoms with van der Waals surface area (Å²) in [6.07, 6.45) is 12.8. The van der Waals surface area contributed by atoms with E-state index in [4.69, 9.17) is 0 Å². The van der Waals surface area contributed by atoms with Gasteiger partial charge in [-0.2, -0.15) is 0 Å². The van der Waals surface area contributed by atoms with Crippen LogP contribution >= 0.6 is 0 Å². The highest BCUT2D eigenvalue weighted by Gasteiger charge is 2.29. The van der Waals surface area contributed by atoms with Crippen molar-refractivity contribution in [2.24, 2.45) is 14.1 Å². The summed E-state index contributed by atoms with van der Waals surface area (Å²) >= 11 is 0. The van der Waals surface area contributed by atoms with E-state index in [1.165, 1.54) is 24.5 Å². The van der Waals surface area contributed by atoms with Gasteiger partial charge in [-0.3, -0.25) is 0 Å². The van der Waals surface area contributed by atoms with Crippen LogP contribution in [0.5, 0.6) is 0 Å². The van der Waals surface area contributed by atoms with Gasteiger partial charge in [-0.15, -0.1) is 0 Å². The summed E-state index contributed by atoms with van der Waals surface area (Å²) in [5.41, 5.74) is 0. The lowest BCUT2D eigenvalue weighted by Crippen LogP contribution is -2.38. The van der Waals surface area contributed by atoms with Gasteiger partial charge >= 0.3 is 11.6 Å². The van der Waals surface area contributed by atoms with E-state index in [0.717, 1.165) is 13.1 Å². The molecule has 0 unspecified atom stereocenters. The van der Waals surface area contributed by atoms with Crippen LogP contribution in [0.25, 0.3) is 11.6 Å². The summed E-state index contributed by atoms with van der Waals surface area (Å²) < 4.78 is 8.91. The summed E-state index contributed by atoms with van der Waals surface area (Å²) in [5, 5.41) is 0. The number of aryl methyl sites for hydroxylation is 3. The predicted octanol–water partition coefficient (Wildman–Crippen LogP) is 1.59. The third-order valence-electron chi connectivity index (χ3n) is 3.43. The van der Waals surface area contributed by atoms with Crippen molar-refractivity contribution < 1.29 is 9.13 Å². The number of allylic oxidation sites excluding steroid dienone is 1. The first kappa shape index (κ1) is 13.6. The van der Waals surface area contributed by atoms with Crippen molar-refractivity contribution in [3.8, 4) is 11.6 Å². The Bertz CT molecular complexity index is 563. The van der Waals surface area contributed by atoms with Crippen molar-refractivity contribution in [2.75, 3.05) is 0 Å². The third kappa shape index (κ3) is 2.62. The minimum Gasteiger partial charge on any atom is -0.226 e. The van der Waals surface area contributed by atoms with Gasteiger partial charge < -0.3 is 0 Å². The molecule has 102 valence electrons. The fourth-order valence-electron chi connectivity index (χ4n) is 2.42. The predicted molar refractivity (Wildman–Crippen MR) is 75.3 cm³/mol. The van der Waals surface area contributed by atoms with E-state index in [2.05, 4.69) is 70.7 Å². The average Bonchev–Trinajstić information content (AvgIpc) is 2.91. The van der Waals surface area contributed by atoms with Gasteiger partial charge in [-0.1, -0.05) is 26.0 Å². The Kier molecular flexibility index (Phi) is 4.20. The lowest BCUT2D eigenvalue weighted by molar-refractivity contribution is -0.690. The van der Waals surface area contributed by atoms with Gasteiger partial charge in [0, 0.05) is 0 Å². The Hall–Kier alpha value is -1.84. The molecule has 2 aromatic heterocycles. The summed E-state index contributed by atoms with van der Waals surface area (Å²) in [6, 6.07) is 0. The molecule has 0 amide bonds. The van der Waals surface area contributed by atoms with E-state index in [1.807, 2.05) is 6.08 Å². The largest absolute Gasteiger partial charge is 0.373 e. The quantitative estimate of drug-likeness (QED) is 0.554. The van der Waals surface area contributed by atoms with E-state index in [9.17, 15) is 0 Å². The van der Waals surface area contributed by atoms with Crippen LogP contribution in [0.4, 0.5) is 0 Å². The second-order valence-electron chi connectivity index (χ2n) is 4.95. The van der Waals surface area contributed by atoms with Gasteiger partial charge in [0.2, 0.25) is 0 Å². The average molecular weight is 260 g/mol. The molecule has 0 aliphatic heterocycles. The second kappa shape index (κ2) is 5.87. The second-order valence-corrected chi connectivity index (χ2v) is 4.95. The van der Waals surface area contributed by atoms with Crippen LogP contribution in [-0.2, 0) is 27.2 Å². The van der Waals surface area contributed by atoms with Crippen LogP contribution < -0.4 is 9.13 Å². The molecule has 4 heteroatoms. The highest BCUT2D eigenvalue weighted by molar-refractivity contribution is 5.36. The molecule has 0 aliphatic carbocycles. The van der Waals surface area contributed by atoms with Crippen molar-refractivity contribution in [3.63, 3.8) is 0 Å². The molecule has 0 bridgehead atoms. The van der Waals surface area contributed by atoms with Crippen LogP contribution in [-0.4, -0.2) is 9.13 Å². The Morgan fingerprint density at radius 1 is 1.11 bits per heavy atom. The summed E-state index contributed by atoms with van der Waals surface area (Å²) in [5.74, 6) is 2.45. The van der Waals surface area contributed by atoms with Crippen molar-refractivity contribution in [1.82, 2.24) is 9.13 Å². The van der Waals surface area contributed by atoms with Crippen LogP contribution in [0.1, 0.15) is 19.8 Å². The first-order valence-electron chi connectivity index (χ1n) is 6.89. The molecule has 0 N–H and O–H groups in total. The van der Waals surface area contributed by atoms with Gasteiger partial charge in [0.1, 0.15) is 31.3 Å². The zero-order valence-electron chi connectivity index (χ0n) is 12.2. The van der Waals surface area contributed by atoms with Crippen molar-refractivity contribution in [2.45, 2.75) is 32.9 Å². The molecule has 0 aliphatic rings. The fourth-order valence-corrected chi connectivity index (χ4v) is 2.42. The first-order chi connectivity index (χ1) is 9.19. The van der Waals surface area contributed by atoms with Gasteiger partial charge in [0.25, 0.3) is 0 Å². The molecule has 2 heterocycles. The smallest absolute Gasteiger partial charge is 0.226 e. The molecular weight excluding hydrogens is 236 g/mol. The Morgan fingerprint density at radius 3 is 2.26 bits per heavy atom. The van der Waals surface area contributed by atoms with Crippen molar-refractivity contribution >= 4 is 0 Å². The number of aromatic nitrogens is 4. The van der Waals surface area contributed by atoms with E-state index in [1.54, 1.807) is 0 Å². The Balaban J connectivity index is 2.48. The zero-order chi connectivity index (χ0) is 13.8. The molecule has 0 spiro atoms. The molecule has 0 aromatic carbocycles. The molecule has 2 rings (SSSR count). The van der Waals surface area contributed by atoms with Crippen LogP contribution in [0.2, 0.25) is 0 Å². The van der Waals surface area contributed by atoms with Gasteiger partial charge in [0.15, 0.2) is 0 Å². The molecule has 19 heavy (non-hydrogen) atoms. The zero-order valence-corrected chi connectivity index (χ0v) is 12.2. The number of imidazole rings is 2. The Morgan fingerprint density at radius 2 is 1.68 bits per heavy atom. The minimum atomic E-state index is 0.829. The molecular formula is C15H24N4+2. The summed E-state index contributed by atoms with van der Waals surface area (Å²) in [4.78, 5) is 0. The number of hydrogen-bond donors (Lipinski definition) is 0. The lowest BCUT2D eigenvalue weighted by Gasteiger charge is -2.01. The van der Waals surface area contributed by atoms with Crippen molar-refractivity contribution in [1.29, 1.82) is 0 Å². The lowest BCUT2D eigenvalue weighted by atomic mass is 10.3. The normalized spacial score (nSPS) is 10.9. The van der Waals surface area contributed by atoms with Gasteiger partial charge in [-0.05, 0) is 6.42 Å². The minimum absolute atomic E-state index is 0.829. The standard InChI is InChI=1S/C15H24N4/c1-5-7-9-19-13-11-17(4)15(19)14-16(3)10-12-18(14)8-6-2/h6,10-13H,2,5,7-9H2,1,3-4H3/q+2. The van der Waals surface area contributed by atoms with Crippen LogP contribution in [0.3, 0.4) is 0 Å². The maximum atomic E-state index is 3.84. The third-order valence-corrected chi connectivity index (χ3v) is 3.43. The number of rotatable bonds is 6. The molecule has 0 saturated carbocycles. The Labute approximate surface area is 115 Å². The molecule has 4 nitrogen and oxygen atoms in total.